The van der Waals surface area contributed by atoms with E-state index in [0.717, 1.165) is 12.0 Å². The van der Waals surface area contributed by atoms with E-state index in [-0.39, 0.29) is 23.6 Å². The predicted octanol–water partition coefficient (Wildman–Crippen LogP) is 3.52. The Kier molecular flexibility index (Phi) is 6.95. The van der Waals surface area contributed by atoms with Crippen LogP contribution in [-0.2, 0) is 9.59 Å². The number of aryl methyl sites for hydroxylation is 1. The molecule has 164 valence electrons. The topological polar surface area (TPSA) is 87.7 Å². The molecule has 1 heterocycles. The first-order valence-electron chi connectivity index (χ1n) is 10.5. The molecule has 0 aliphatic carbocycles. The molecule has 2 aromatic carbocycles. The second-order valence-electron chi connectivity index (χ2n) is 8.09. The Bertz CT molecular complexity index is 987. The summed E-state index contributed by atoms with van der Waals surface area (Å²) in [6.07, 6.45) is 1.34. The van der Waals surface area contributed by atoms with Gasteiger partial charge in [0.25, 0.3) is 5.91 Å². The van der Waals surface area contributed by atoms with Gasteiger partial charge in [-0.2, -0.15) is 0 Å². The van der Waals surface area contributed by atoms with Crippen molar-refractivity contribution in [2.75, 3.05) is 23.9 Å². The zero-order valence-corrected chi connectivity index (χ0v) is 18.4. The molecule has 2 N–H and O–H groups in total. The number of carbonyl (C=O) groups is 3. The van der Waals surface area contributed by atoms with E-state index in [9.17, 15) is 14.4 Å². The lowest BCUT2D eigenvalue weighted by molar-refractivity contribution is -0.119. The fourth-order valence-electron chi connectivity index (χ4n) is 3.65. The number of ether oxygens (including phenoxy) is 1. The number of rotatable bonds is 7. The summed E-state index contributed by atoms with van der Waals surface area (Å²) in [5, 5.41) is 5.69. The third-order valence-corrected chi connectivity index (χ3v) is 5.33. The maximum absolute atomic E-state index is 12.9. The number of nitrogens with zero attached hydrogens (tertiary/aromatic N) is 1. The summed E-state index contributed by atoms with van der Waals surface area (Å²) in [5.74, 6) is -0.148. The van der Waals surface area contributed by atoms with Crippen molar-refractivity contribution >= 4 is 29.1 Å². The number of carbonyl (C=O) groups excluding carboxylic acids is 3. The molecule has 2 aromatic rings. The molecule has 1 fully saturated rings. The monoisotopic (exact) mass is 423 g/mol. The zero-order valence-electron chi connectivity index (χ0n) is 18.4. The summed E-state index contributed by atoms with van der Waals surface area (Å²) in [4.78, 5) is 39.4. The number of amides is 3. The highest BCUT2D eigenvalue weighted by Gasteiger charge is 2.27. The molecule has 7 heteroatoms. The summed E-state index contributed by atoms with van der Waals surface area (Å²) in [7, 11) is 1.53. The molecular formula is C24H29N3O4. The van der Waals surface area contributed by atoms with Gasteiger partial charge in [-0.3, -0.25) is 14.4 Å². The molecular weight excluding hydrogens is 394 g/mol. The van der Waals surface area contributed by atoms with Crippen molar-refractivity contribution in [3.63, 3.8) is 0 Å². The van der Waals surface area contributed by atoms with E-state index >= 15 is 0 Å². The number of nitrogens with one attached hydrogen (secondary N) is 2. The van der Waals surface area contributed by atoms with Crippen molar-refractivity contribution in [1.29, 1.82) is 0 Å². The van der Waals surface area contributed by atoms with Gasteiger partial charge in [-0.1, -0.05) is 31.5 Å². The molecule has 1 aliphatic heterocycles. The average Bonchev–Trinajstić information content (AvgIpc) is 3.17. The number of anilines is 2. The summed E-state index contributed by atoms with van der Waals surface area (Å²) in [6.45, 7) is 6.32. The highest BCUT2D eigenvalue weighted by atomic mass is 16.5. The van der Waals surface area contributed by atoms with E-state index in [4.69, 9.17) is 4.74 Å². The number of hydrogen-bond donors (Lipinski definition) is 2. The first-order valence-corrected chi connectivity index (χ1v) is 10.5. The first-order chi connectivity index (χ1) is 14.8. The summed E-state index contributed by atoms with van der Waals surface area (Å²) >= 11 is 0. The van der Waals surface area contributed by atoms with Crippen molar-refractivity contribution in [2.45, 2.75) is 39.7 Å². The molecule has 0 radical (unpaired) electrons. The Labute approximate surface area is 182 Å². The Morgan fingerprint density at radius 2 is 1.90 bits per heavy atom. The lowest BCUT2D eigenvalue weighted by atomic mass is 10.0. The zero-order chi connectivity index (χ0) is 22.5. The van der Waals surface area contributed by atoms with E-state index < -0.39 is 6.04 Å². The molecule has 0 spiro atoms. The molecule has 3 rings (SSSR count). The van der Waals surface area contributed by atoms with Crippen LogP contribution in [0.3, 0.4) is 0 Å². The van der Waals surface area contributed by atoms with Crippen molar-refractivity contribution < 1.29 is 19.1 Å². The predicted molar refractivity (Wildman–Crippen MR) is 120 cm³/mol. The lowest BCUT2D eigenvalue weighted by Crippen LogP contribution is -2.47. The maximum Gasteiger partial charge on any atom is 0.251 e. The average molecular weight is 424 g/mol. The fourth-order valence-corrected chi connectivity index (χ4v) is 3.65. The summed E-state index contributed by atoms with van der Waals surface area (Å²) in [6, 6.07) is 11.7. The molecule has 31 heavy (non-hydrogen) atoms. The smallest absolute Gasteiger partial charge is 0.251 e. The summed E-state index contributed by atoms with van der Waals surface area (Å²) in [5.41, 5.74) is 2.71. The van der Waals surface area contributed by atoms with Crippen LogP contribution in [0.15, 0.2) is 42.5 Å². The molecule has 1 aliphatic rings. The normalized spacial score (nSPS) is 14.5. The van der Waals surface area contributed by atoms with Gasteiger partial charge >= 0.3 is 0 Å². The lowest BCUT2D eigenvalue weighted by Gasteiger charge is -2.23. The van der Waals surface area contributed by atoms with Gasteiger partial charge in [-0.05, 0) is 43.5 Å². The molecule has 7 nitrogen and oxygen atoms in total. The third-order valence-electron chi connectivity index (χ3n) is 5.33. The molecule has 1 saturated heterocycles. The minimum atomic E-state index is -0.709. The minimum Gasteiger partial charge on any atom is -0.494 e. The number of methoxy groups -OCH3 is 1. The Morgan fingerprint density at radius 1 is 1.13 bits per heavy atom. The fraction of sp³-hybridized carbons (Fsp3) is 0.375. The van der Waals surface area contributed by atoms with Crippen LogP contribution in [0.4, 0.5) is 11.4 Å². The van der Waals surface area contributed by atoms with Crippen LogP contribution >= 0.6 is 0 Å². The van der Waals surface area contributed by atoms with Crippen LogP contribution in [0, 0.1) is 12.8 Å². The van der Waals surface area contributed by atoms with E-state index in [2.05, 4.69) is 10.6 Å². The highest BCUT2D eigenvalue weighted by molar-refractivity contribution is 6.02. The van der Waals surface area contributed by atoms with Crippen LogP contribution in [0.25, 0.3) is 0 Å². The van der Waals surface area contributed by atoms with Gasteiger partial charge in [0.15, 0.2) is 0 Å². The minimum absolute atomic E-state index is 0.0637. The van der Waals surface area contributed by atoms with Crippen LogP contribution in [-0.4, -0.2) is 37.4 Å². The number of benzene rings is 2. The van der Waals surface area contributed by atoms with Gasteiger partial charge in [0.1, 0.15) is 11.8 Å². The molecule has 0 saturated carbocycles. The Balaban J connectivity index is 1.74. The van der Waals surface area contributed by atoms with Gasteiger partial charge in [0, 0.05) is 30.3 Å². The molecule has 0 bridgehead atoms. The van der Waals surface area contributed by atoms with Gasteiger partial charge in [0.05, 0.1) is 12.8 Å². The summed E-state index contributed by atoms with van der Waals surface area (Å²) < 4.78 is 5.45. The van der Waals surface area contributed by atoms with E-state index in [1.54, 1.807) is 35.2 Å². The number of hydrogen-bond acceptors (Lipinski definition) is 4. The second-order valence-corrected chi connectivity index (χ2v) is 8.09. The first kappa shape index (κ1) is 22.3. The van der Waals surface area contributed by atoms with Crippen molar-refractivity contribution in [2.24, 2.45) is 5.92 Å². The van der Waals surface area contributed by atoms with Crippen LogP contribution < -0.4 is 20.3 Å². The molecule has 1 unspecified atom stereocenters. The van der Waals surface area contributed by atoms with E-state index in [0.29, 0.717) is 35.7 Å². The largest absolute Gasteiger partial charge is 0.494 e. The van der Waals surface area contributed by atoms with Crippen LogP contribution in [0.1, 0.15) is 42.6 Å². The molecule has 3 amide bonds. The van der Waals surface area contributed by atoms with E-state index in [1.807, 2.05) is 32.9 Å². The van der Waals surface area contributed by atoms with Gasteiger partial charge in [-0.25, -0.2) is 0 Å². The van der Waals surface area contributed by atoms with Crippen LogP contribution in [0.2, 0.25) is 0 Å². The second kappa shape index (κ2) is 9.64. The third kappa shape index (κ3) is 5.23. The quantitative estimate of drug-likeness (QED) is 0.713. The molecule has 1 atom stereocenters. The van der Waals surface area contributed by atoms with Crippen molar-refractivity contribution in [1.82, 2.24) is 5.32 Å². The highest BCUT2D eigenvalue weighted by Crippen LogP contribution is 2.34. The van der Waals surface area contributed by atoms with Crippen molar-refractivity contribution in [3.8, 4) is 5.75 Å². The Hall–Kier alpha value is -3.35. The Morgan fingerprint density at radius 3 is 2.52 bits per heavy atom. The van der Waals surface area contributed by atoms with Crippen molar-refractivity contribution in [3.05, 3.63) is 53.6 Å². The standard InChI is InChI=1S/C24H29N3O4/c1-15(2)22(26-23(29)17-8-5-7-16(3)13-17)24(30)25-18-10-11-19(20(14-18)31-4)27-12-6-9-21(27)28/h5,7-8,10-11,13-15,22H,6,9,12H2,1-4H3,(H,25,30)(H,26,29). The van der Waals surface area contributed by atoms with Gasteiger partial charge in [0.2, 0.25) is 11.8 Å². The van der Waals surface area contributed by atoms with E-state index in [1.165, 1.54) is 7.11 Å². The molecule has 0 aromatic heterocycles. The van der Waals surface area contributed by atoms with Crippen LogP contribution in [0.5, 0.6) is 5.75 Å². The van der Waals surface area contributed by atoms with Gasteiger partial charge in [-0.15, -0.1) is 0 Å². The SMILES string of the molecule is COc1cc(NC(=O)C(NC(=O)c2cccc(C)c2)C(C)C)ccc1N1CCCC1=O. The van der Waals surface area contributed by atoms with Gasteiger partial charge < -0.3 is 20.3 Å². The maximum atomic E-state index is 12.9.